The first-order valence-corrected chi connectivity index (χ1v) is 7.47. The summed E-state index contributed by atoms with van der Waals surface area (Å²) in [6.45, 7) is 0. The van der Waals surface area contributed by atoms with Gasteiger partial charge >= 0.3 is 0 Å². The second-order valence-electron chi connectivity index (χ2n) is 5.52. The Labute approximate surface area is 119 Å². The lowest BCUT2D eigenvalue weighted by atomic mass is 9.84. The number of rotatable bonds is 5. The van der Waals surface area contributed by atoms with E-state index in [1.165, 1.54) is 38.2 Å². The van der Waals surface area contributed by atoms with E-state index < -0.39 is 0 Å². The monoisotopic (exact) mass is 284 g/mol. The molecule has 106 valence electrons. The molecule has 4 heteroatoms. The van der Waals surface area contributed by atoms with Crippen LogP contribution in [0.4, 0.5) is 4.39 Å². The number of nitrogens with one attached hydrogen (secondary N) is 1. The number of benzene rings is 1. The van der Waals surface area contributed by atoms with Crippen molar-refractivity contribution in [1.29, 1.82) is 0 Å². The number of halogens is 2. The molecule has 0 aromatic heterocycles. The summed E-state index contributed by atoms with van der Waals surface area (Å²) in [6.07, 6.45) is 8.30. The molecule has 0 amide bonds. The van der Waals surface area contributed by atoms with E-state index in [0.717, 1.165) is 17.9 Å². The maximum atomic E-state index is 13.4. The highest BCUT2D eigenvalue weighted by Crippen LogP contribution is 2.29. The summed E-state index contributed by atoms with van der Waals surface area (Å²) in [7, 11) is 0. The highest BCUT2D eigenvalue weighted by Gasteiger charge is 2.19. The van der Waals surface area contributed by atoms with E-state index in [9.17, 15) is 4.39 Å². The fraction of sp³-hybridized carbons (Fsp3) is 0.600. The summed E-state index contributed by atoms with van der Waals surface area (Å²) in [5.74, 6) is 6.02. The van der Waals surface area contributed by atoms with Crippen molar-refractivity contribution in [2.24, 2.45) is 11.8 Å². The lowest BCUT2D eigenvalue weighted by molar-refractivity contribution is 0.298. The summed E-state index contributed by atoms with van der Waals surface area (Å²) in [5.41, 5.74) is 3.70. The first-order valence-electron chi connectivity index (χ1n) is 7.09. The van der Waals surface area contributed by atoms with Gasteiger partial charge in [-0.15, -0.1) is 0 Å². The highest BCUT2D eigenvalue weighted by molar-refractivity contribution is 6.31. The predicted octanol–water partition coefficient (Wildman–Crippen LogP) is 3.82. The molecule has 0 bridgehead atoms. The normalized spacial score (nSPS) is 18.5. The van der Waals surface area contributed by atoms with Gasteiger partial charge in [0.1, 0.15) is 5.82 Å². The van der Waals surface area contributed by atoms with Crippen molar-refractivity contribution in [1.82, 2.24) is 5.43 Å². The number of hydrogen-bond acceptors (Lipinski definition) is 2. The van der Waals surface area contributed by atoms with E-state index in [1.54, 1.807) is 6.07 Å². The largest absolute Gasteiger partial charge is 0.271 e. The zero-order chi connectivity index (χ0) is 13.7. The Hall–Kier alpha value is -0.640. The average molecular weight is 285 g/mol. The van der Waals surface area contributed by atoms with E-state index >= 15 is 0 Å². The van der Waals surface area contributed by atoms with Crippen LogP contribution < -0.4 is 11.3 Å². The Morgan fingerprint density at radius 2 is 2.05 bits per heavy atom. The molecule has 1 aliphatic carbocycles. The van der Waals surface area contributed by atoms with E-state index in [0.29, 0.717) is 6.42 Å². The minimum atomic E-state index is -0.354. The van der Waals surface area contributed by atoms with Crippen LogP contribution >= 0.6 is 11.6 Å². The van der Waals surface area contributed by atoms with Crippen LogP contribution in [0.5, 0.6) is 0 Å². The zero-order valence-electron chi connectivity index (χ0n) is 11.2. The van der Waals surface area contributed by atoms with Crippen LogP contribution in [0, 0.1) is 11.7 Å². The van der Waals surface area contributed by atoms with Crippen molar-refractivity contribution in [2.75, 3.05) is 0 Å². The van der Waals surface area contributed by atoms with Crippen LogP contribution in [0.25, 0.3) is 0 Å². The number of hydrogen-bond donors (Lipinski definition) is 2. The van der Waals surface area contributed by atoms with E-state index in [1.807, 2.05) is 6.07 Å². The molecule has 1 fully saturated rings. The molecule has 1 aromatic carbocycles. The van der Waals surface area contributed by atoms with Gasteiger partial charge in [0.05, 0.1) is 5.02 Å². The Morgan fingerprint density at radius 1 is 1.32 bits per heavy atom. The third kappa shape index (κ3) is 4.16. The summed E-state index contributed by atoms with van der Waals surface area (Å²) in [6, 6.07) is 5.13. The lowest BCUT2D eigenvalue weighted by Gasteiger charge is -2.26. The second-order valence-corrected chi connectivity index (χ2v) is 5.90. The Morgan fingerprint density at radius 3 is 2.74 bits per heavy atom. The van der Waals surface area contributed by atoms with Crippen LogP contribution in [0.15, 0.2) is 18.2 Å². The van der Waals surface area contributed by atoms with Crippen LogP contribution in [-0.2, 0) is 6.42 Å². The minimum Gasteiger partial charge on any atom is -0.271 e. The quantitative estimate of drug-likeness (QED) is 0.637. The Bertz CT molecular complexity index is 405. The zero-order valence-corrected chi connectivity index (χ0v) is 11.9. The van der Waals surface area contributed by atoms with Gasteiger partial charge in [0, 0.05) is 6.04 Å². The van der Waals surface area contributed by atoms with Crippen LogP contribution in [-0.4, -0.2) is 6.04 Å². The molecule has 1 aliphatic rings. The Balaban J connectivity index is 1.96. The smallest absolute Gasteiger partial charge is 0.142 e. The van der Waals surface area contributed by atoms with Crippen molar-refractivity contribution in [3.05, 3.63) is 34.6 Å². The molecule has 0 saturated heterocycles. The summed E-state index contributed by atoms with van der Waals surface area (Å²) < 4.78 is 13.4. The number of nitrogens with two attached hydrogens (primary N) is 1. The molecule has 19 heavy (non-hydrogen) atoms. The molecule has 3 N–H and O–H groups in total. The molecule has 0 aliphatic heterocycles. The van der Waals surface area contributed by atoms with Crippen LogP contribution in [0.3, 0.4) is 0 Å². The third-order valence-electron chi connectivity index (χ3n) is 4.08. The molecule has 0 heterocycles. The number of hydrazine groups is 1. The van der Waals surface area contributed by atoms with Crippen LogP contribution in [0.1, 0.15) is 44.1 Å². The Kier molecular flexibility index (Phi) is 5.61. The summed E-state index contributed by atoms with van der Waals surface area (Å²) in [5, 5.41) is 0.228. The van der Waals surface area contributed by atoms with Crippen molar-refractivity contribution in [3.63, 3.8) is 0 Å². The molecule has 0 radical (unpaired) electrons. The standard InChI is InChI=1S/C15H22ClFN2/c16-15-12(7-4-8-14(15)17)10-13(19-18)9-11-5-2-1-3-6-11/h4,7-8,11,13,19H,1-3,5-6,9-10,18H2. The maximum Gasteiger partial charge on any atom is 0.142 e. The molecular formula is C15H22ClFN2. The van der Waals surface area contributed by atoms with Crippen LogP contribution in [0.2, 0.25) is 5.02 Å². The van der Waals surface area contributed by atoms with Gasteiger partial charge in [-0.1, -0.05) is 55.8 Å². The molecule has 1 unspecified atom stereocenters. The third-order valence-corrected chi connectivity index (χ3v) is 4.50. The molecule has 2 rings (SSSR count). The molecule has 1 saturated carbocycles. The fourth-order valence-electron chi connectivity index (χ4n) is 3.01. The molecule has 1 atom stereocenters. The predicted molar refractivity (Wildman–Crippen MR) is 77.4 cm³/mol. The first-order chi connectivity index (χ1) is 9.20. The average Bonchev–Trinajstić information content (AvgIpc) is 2.44. The topological polar surface area (TPSA) is 38.0 Å². The van der Waals surface area contributed by atoms with Crippen molar-refractivity contribution in [3.8, 4) is 0 Å². The van der Waals surface area contributed by atoms with Gasteiger partial charge in [-0.2, -0.15) is 0 Å². The van der Waals surface area contributed by atoms with Crippen molar-refractivity contribution >= 4 is 11.6 Å². The second kappa shape index (κ2) is 7.22. The van der Waals surface area contributed by atoms with Gasteiger partial charge in [-0.3, -0.25) is 11.3 Å². The van der Waals surface area contributed by atoms with Gasteiger partial charge in [0.15, 0.2) is 0 Å². The molecule has 1 aromatic rings. The van der Waals surface area contributed by atoms with Gasteiger partial charge in [0.25, 0.3) is 0 Å². The SMILES string of the molecule is NNC(Cc1cccc(F)c1Cl)CC1CCCCC1. The van der Waals surface area contributed by atoms with Gasteiger partial charge < -0.3 is 0 Å². The van der Waals surface area contributed by atoms with Gasteiger partial charge in [0.2, 0.25) is 0 Å². The first kappa shape index (κ1) is 14.8. The summed E-state index contributed by atoms with van der Waals surface area (Å²) >= 11 is 5.99. The highest BCUT2D eigenvalue weighted by atomic mass is 35.5. The lowest BCUT2D eigenvalue weighted by Crippen LogP contribution is -2.38. The maximum absolute atomic E-state index is 13.4. The molecule has 2 nitrogen and oxygen atoms in total. The van der Waals surface area contributed by atoms with Gasteiger partial charge in [-0.05, 0) is 30.4 Å². The van der Waals surface area contributed by atoms with E-state index in [4.69, 9.17) is 17.4 Å². The summed E-state index contributed by atoms with van der Waals surface area (Å²) in [4.78, 5) is 0. The van der Waals surface area contributed by atoms with Crippen molar-refractivity contribution < 1.29 is 4.39 Å². The molecular weight excluding hydrogens is 263 g/mol. The van der Waals surface area contributed by atoms with Crippen molar-refractivity contribution in [2.45, 2.75) is 51.0 Å². The van der Waals surface area contributed by atoms with E-state index in [2.05, 4.69) is 5.43 Å². The fourth-order valence-corrected chi connectivity index (χ4v) is 3.21. The van der Waals surface area contributed by atoms with E-state index in [-0.39, 0.29) is 16.9 Å². The molecule has 0 spiro atoms. The minimum absolute atomic E-state index is 0.169. The van der Waals surface area contributed by atoms with Gasteiger partial charge in [-0.25, -0.2) is 4.39 Å².